The lowest BCUT2D eigenvalue weighted by atomic mass is 9.99. The van der Waals surface area contributed by atoms with Crippen LogP contribution in [0, 0.1) is 0 Å². The molecule has 1 rings (SSSR count). The molecule has 0 bridgehead atoms. The van der Waals surface area contributed by atoms with Gasteiger partial charge in [-0.25, -0.2) is 0 Å². The molecule has 0 aliphatic carbocycles. The summed E-state index contributed by atoms with van der Waals surface area (Å²) in [6, 6.07) is 0. The lowest BCUT2D eigenvalue weighted by molar-refractivity contribution is -0.301. The van der Waals surface area contributed by atoms with Crippen molar-refractivity contribution in [2.75, 3.05) is 19.0 Å². The largest absolute Gasteiger partial charge is 0.394 e. The van der Waals surface area contributed by atoms with Gasteiger partial charge >= 0.3 is 0 Å². The molecular formula is C18H36O6S. The van der Waals surface area contributed by atoms with Gasteiger partial charge in [0.05, 0.1) is 6.61 Å². The molecule has 0 aromatic carbocycles. The Morgan fingerprint density at radius 1 is 0.720 bits per heavy atom. The first-order valence-corrected chi connectivity index (χ1v) is 10.3. The Labute approximate surface area is 156 Å². The second-order valence-corrected chi connectivity index (χ2v) is 7.27. The first-order valence-electron chi connectivity index (χ1n) is 9.64. The zero-order chi connectivity index (χ0) is 18.5. The molecule has 0 saturated carbocycles. The van der Waals surface area contributed by atoms with E-state index in [-0.39, 0.29) is 0 Å². The van der Waals surface area contributed by atoms with Crippen LogP contribution in [0.2, 0.25) is 0 Å². The maximum atomic E-state index is 9.85. The highest BCUT2D eigenvalue weighted by atomic mass is 32.1. The van der Waals surface area contributed by atoms with E-state index in [1.807, 2.05) is 0 Å². The molecule has 0 aromatic rings. The van der Waals surface area contributed by atoms with Crippen LogP contribution < -0.4 is 0 Å². The van der Waals surface area contributed by atoms with E-state index < -0.39 is 37.3 Å². The molecule has 5 atom stereocenters. The highest BCUT2D eigenvalue weighted by Gasteiger charge is 2.43. The third kappa shape index (κ3) is 9.04. The fraction of sp³-hybridized carbons (Fsp3) is 1.00. The molecule has 4 N–H and O–H groups in total. The van der Waals surface area contributed by atoms with Crippen LogP contribution >= 0.6 is 12.6 Å². The summed E-state index contributed by atoms with van der Waals surface area (Å²) >= 11 is 4.21. The maximum Gasteiger partial charge on any atom is 0.186 e. The van der Waals surface area contributed by atoms with E-state index in [1.165, 1.54) is 44.9 Å². The van der Waals surface area contributed by atoms with Crippen LogP contribution in [0.5, 0.6) is 0 Å². The molecule has 7 heteroatoms. The van der Waals surface area contributed by atoms with Crippen molar-refractivity contribution in [2.24, 2.45) is 0 Å². The van der Waals surface area contributed by atoms with Crippen LogP contribution in [0.4, 0.5) is 0 Å². The molecule has 0 aromatic heterocycles. The van der Waals surface area contributed by atoms with Crippen molar-refractivity contribution in [3.05, 3.63) is 0 Å². The molecule has 1 heterocycles. The Bertz CT molecular complexity index is 318. The summed E-state index contributed by atoms with van der Waals surface area (Å²) in [6.45, 7) is -0.00807. The molecule has 6 nitrogen and oxygen atoms in total. The Hall–Kier alpha value is 0.110. The van der Waals surface area contributed by atoms with Crippen molar-refractivity contribution in [1.29, 1.82) is 0 Å². The third-order valence-electron chi connectivity index (χ3n) is 4.68. The predicted octanol–water partition coefficient (Wildman–Crippen LogP) is 1.63. The molecular weight excluding hydrogens is 344 g/mol. The van der Waals surface area contributed by atoms with Gasteiger partial charge in [0.2, 0.25) is 0 Å². The van der Waals surface area contributed by atoms with Crippen molar-refractivity contribution in [3.8, 4) is 0 Å². The second kappa shape index (κ2) is 14.2. The smallest absolute Gasteiger partial charge is 0.186 e. The number of thiol groups is 1. The van der Waals surface area contributed by atoms with Crippen molar-refractivity contribution >= 4 is 12.6 Å². The van der Waals surface area contributed by atoms with Crippen LogP contribution in [0.1, 0.15) is 64.2 Å². The highest BCUT2D eigenvalue weighted by Crippen LogP contribution is 2.22. The molecule has 0 spiro atoms. The molecule has 1 aliphatic heterocycles. The Morgan fingerprint density at radius 3 is 1.76 bits per heavy atom. The summed E-state index contributed by atoms with van der Waals surface area (Å²) in [5.74, 6) is 0.991. The van der Waals surface area contributed by atoms with Crippen LogP contribution in [0.25, 0.3) is 0 Å². The monoisotopic (exact) mass is 380 g/mol. The molecule has 0 amide bonds. The minimum Gasteiger partial charge on any atom is -0.394 e. The first-order chi connectivity index (χ1) is 12.1. The summed E-state index contributed by atoms with van der Waals surface area (Å²) < 4.78 is 10.8. The van der Waals surface area contributed by atoms with E-state index in [1.54, 1.807) is 0 Å². The van der Waals surface area contributed by atoms with Crippen LogP contribution in [0.15, 0.2) is 0 Å². The van der Waals surface area contributed by atoms with E-state index in [9.17, 15) is 15.3 Å². The lowest BCUT2D eigenvalue weighted by Gasteiger charge is -2.39. The highest BCUT2D eigenvalue weighted by molar-refractivity contribution is 7.80. The van der Waals surface area contributed by atoms with Gasteiger partial charge in [-0.2, -0.15) is 12.6 Å². The van der Waals surface area contributed by atoms with Gasteiger partial charge in [-0.3, -0.25) is 0 Å². The summed E-state index contributed by atoms with van der Waals surface area (Å²) in [5.41, 5.74) is 0. The molecule has 150 valence electrons. The van der Waals surface area contributed by atoms with Crippen LogP contribution in [0.3, 0.4) is 0 Å². The van der Waals surface area contributed by atoms with E-state index in [2.05, 4.69) is 12.6 Å². The zero-order valence-corrected chi connectivity index (χ0v) is 16.0. The number of aliphatic hydroxyl groups excluding tert-OH is 4. The topological polar surface area (TPSA) is 99.4 Å². The van der Waals surface area contributed by atoms with E-state index in [0.717, 1.165) is 25.0 Å². The molecule has 1 aliphatic rings. The summed E-state index contributed by atoms with van der Waals surface area (Å²) in [7, 11) is 0. The Morgan fingerprint density at radius 2 is 1.24 bits per heavy atom. The van der Waals surface area contributed by atoms with Gasteiger partial charge in [-0.1, -0.05) is 51.4 Å². The second-order valence-electron chi connectivity index (χ2n) is 6.83. The number of aliphatic hydroxyl groups is 4. The third-order valence-corrected chi connectivity index (χ3v) is 5.00. The summed E-state index contributed by atoms with van der Waals surface area (Å²) in [4.78, 5) is 0. The van der Waals surface area contributed by atoms with Crippen molar-refractivity contribution in [2.45, 2.75) is 94.9 Å². The average Bonchev–Trinajstić information content (AvgIpc) is 2.62. The number of hydrogen-bond acceptors (Lipinski definition) is 7. The van der Waals surface area contributed by atoms with Gasteiger partial charge in [-0.05, 0) is 18.6 Å². The molecule has 1 fully saturated rings. The summed E-state index contributed by atoms with van der Waals surface area (Å²) in [6.07, 6.45) is 6.08. The van der Waals surface area contributed by atoms with Gasteiger partial charge in [0.1, 0.15) is 24.4 Å². The average molecular weight is 381 g/mol. The summed E-state index contributed by atoms with van der Waals surface area (Å²) in [5, 5.41) is 38.4. The standard InChI is InChI=1S/C18H36O6S/c19-13-14-15(20)16(21)17(22)18(24-14)23-11-9-7-5-3-1-2-4-6-8-10-12-25/h14-22,25H,1-13H2/t14-,15-,16+,17-,18-/m1/s1. The molecule has 1 saturated heterocycles. The number of ether oxygens (including phenoxy) is 2. The van der Waals surface area contributed by atoms with Gasteiger partial charge in [0, 0.05) is 6.61 Å². The molecule has 0 radical (unpaired) electrons. The van der Waals surface area contributed by atoms with E-state index >= 15 is 0 Å². The lowest BCUT2D eigenvalue weighted by Crippen LogP contribution is -2.59. The van der Waals surface area contributed by atoms with Gasteiger partial charge in [0.15, 0.2) is 6.29 Å². The van der Waals surface area contributed by atoms with Crippen LogP contribution in [-0.4, -0.2) is 70.1 Å². The van der Waals surface area contributed by atoms with Crippen molar-refractivity contribution in [3.63, 3.8) is 0 Å². The number of unbranched alkanes of at least 4 members (excludes halogenated alkanes) is 9. The van der Waals surface area contributed by atoms with Crippen molar-refractivity contribution in [1.82, 2.24) is 0 Å². The van der Waals surface area contributed by atoms with Gasteiger partial charge in [0.25, 0.3) is 0 Å². The number of hydrogen-bond donors (Lipinski definition) is 5. The molecule has 0 unspecified atom stereocenters. The molecule has 25 heavy (non-hydrogen) atoms. The first kappa shape index (κ1) is 23.1. The fourth-order valence-corrected chi connectivity index (χ4v) is 3.26. The minimum atomic E-state index is -1.37. The Balaban J connectivity index is 1.99. The number of rotatable bonds is 14. The Kier molecular flexibility index (Phi) is 13.2. The van der Waals surface area contributed by atoms with Gasteiger partial charge in [-0.15, -0.1) is 0 Å². The normalized spacial score (nSPS) is 29.9. The minimum absolute atomic E-state index is 0.423. The SMILES string of the molecule is OC[C@H]1O[C@@H](OCCCCCCCCCCCCS)[C@H](O)[C@@H](O)[C@@H]1O. The fourth-order valence-electron chi connectivity index (χ4n) is 3.03. The van der Waals surface area contributed by atoms with Crippen molar-refractivity contribution < 1.29 is 29.9 Å². The van der Waals surface area contributed by atoms with Gasteiger partial charge < -0.3 is 29.9 Å². The van der Waals surface area contributed by atoms with E-state index in [0.29, 0.717) is 6.61 Å². The maximum absolute atomic E-state index is 9.85. The zero-order valence-electron chi connectivity index (χ0n) is 15.1. The quantitative estimate of drug-likeness (QED) is 0.232. The predicted molar refractivity (Wildman–Crippen MR) is 99.7 cm³/mol. The van der Waals surface area contributed by atoms with E-state index in [4.69, 9.17) is 14.6 Å². The van der Waals surface area contributed by atoms with Crippen LogP contribution in [-0.2, 0) is 9.47 Å².